The van der Waals surface area contributed by atoms with Gasteiger partial charge < -0.3 is 9.84 Å². The van der Waals surface area contributed by atoms with E-state index in [9.17, 15) is 5.11 Å². The average Bonchev–Trinajstić information content (AvgIpc) is 2.20. The molecule has 0 heterocycles. The molecule has 0 saturated heterocycles. The summed E-state index contributed by atoms with van der Waals surface area (Å²) in [4.78, 5) is 0. The van der Waals surface area contributed by atoms with Gasteiger partial charge in [0.15, 0.2) is 6.23 Å². The lowest BCUT2D eigenvalue weighted by Gasteiger charge is -2.26. The third-order valence-electron chi connectivity index (χ3n) is 2.79. The van der Waals surface area contributed by atoms with Gasteiger partial charge in [0, 0.05) is 6.04 Å². The summed E-state index contributed by atoms with van der Waals surface area (Å²) in [5.74, 6) is 0.861. The normalized spacial score (nSPS) is 14.7. The Morgan fingerprint density at radius 1 is 1.06 bits per heavy atom. The monoisotopic (exact) mass is 251 g/mol. The minimum Gasteiger partial charge on any atom is -0.472 e. The van der Waals surface area contributed by atoms with Gasteiger partial charge in [-0.25, -0.2) is 0 Å². The van der Waals surface area contributed by atoms with Crippen molar-refractivity contribution in [3.05, 3.63) is 28.8 Å². The summed E-state index contributed by atoms with van der Waals surface area (Å²) in [5, 5.41) is 13.0. The number of rotatable bonds is 5. The zero-order chi connectivity index (χ0) is 13.9. The molecular formula is C15H25NO2. The second-order valence-corrected chi connectivity index (χ2v) is 5.33. The summed E-state index contributed by atoms with van der Waals surface area (Å²) < 4.78 is 5.94. The van der Waals surface area contributed by atoms with Crippen LogP contribution in [-0.4, -0.2) is 23.5 Å². The van der Waals surface area contributed by atoms with Crippen molar-refractivity contribution < 1.29 is 9.84 Å². The van der Waals surface area contributed by atoms with Crippen LogP contribution in [0.2, 0.25) is 0 Å². The number of nitrogens with one attached hydrogen (secondary N) is 1. The van der Waals surface area contributed by atoms with Gasteiger partial charge in [0.05, 0.1) is 0 Å². The molecule has 0 aliphatic heterocycles. The van der Waals surface area contributed by atoms with Crippen LogP contribution < -0.4 is 10.1 Å². The molecule has 0 amide bonds. The molecule has 2 N–H and O–H groups in total. The van der Waals surface area contributed by atoms with Crippen molar-refractivity contribution in [1.29, 1.82) is 0 Å². The highest BCUT2D eigenvalue weighted by Gasteiger charge is 2.19. The zero-order valence-corrected chi connectivity index (χ0v) is 12.2. The van der Waals surface area contributed by atoms with E-state index in [0.29, 0.717) is 0 Å². The van der Waals surface area contributed by atoms with Gasteiger partial charge in [0.2, 0.25) is 0 Å². The van der Waals surface area contributed by atoms with Crippen molar-refractivity contribution in [3.63, 3.8) is 0 Å². The summed E-state index contributed by atoms with van der Waals surface area (Å²) in [6.45, 7) is 11.9. The Bertz CT molecular complexity index is 376. The van der Waals surface area contributed by atoms with Crippen LogP contribution in [0.25, 0.3) is 0 Å². The van der Waals surface area contributed by atoms with E-state index in [4.69, 9.17) is 4.74 Å². The van der Waals surface area contributed by atoms with Crippen LogP contribution in [-0.2, 0) is 0 Å². The highest BCUT2D eigenvalue weighted by Crippen LogP contribution is 2.25. The standard InChI is InChI=1S/C15H25NO2/c1-9(2)16-15(13(6)17)18-14-11(4)7-10(3)8-12(14)5/h7-9,13,15-17H,1-6H3. The number of hydrogen-bond donors (Lipinski definition) is 2. The summed E-state index contributed by atoms with van der Waals surface area (Å²) in [7, 11) is 0. The van der Waals surface area contributed by atoms with Crippen LogP contribution in [0.3, 0.4) is 0 Å². The first-order valence-corrected chi connectivity index (χ1v) is 6.50. The van der Waals surface area contributed by atoms with Crippen molar-refractivity contribution in [2.24, 2.45) is 0 Å². The maximum atomic E-state index is 9.77. The molecule has 0 aromatic heterocycles. The molecule has 0 radical (unpaired) electrons. The van der Waals surface area contributed by atoms with Crippen molar-refractivity contribution in [3.8, 4) is 5.75 Å². The van der Waals surface area contributed by atoms with Gasteiger partial charge in [-0.3, -0.25) is 5.32 Å². The van der Waals surface area contributed by atoms with E-state index in [0.717, 1.165) is 16.9 Å². The minimum atomic E-state index is -0.562. The van der Waals surface area contributed by atoms with E-state index in [1.54, 1.807) is 6.92 Å². The highest BCUT2D eigenvalue weighted by atomic mass is 16.5. The topological polar surface area (TPSA) is 41.5 Å². The third-order valence-corrected chi connectivity index (χ3v) is 2.79. The molecule has 1 rings (SSSR count). The van der Waals surface area contributed by atoms with E-state index in [2.05, 4.69) is 24.4 Å². The van der Waals surface area contributed by atoms with Gasteiger partial charge in [-0.05, 0) is 52.7 Å². The fraction of sp³-hybridized carbons (Fsp3) is 0.600. The van der Waals surface area contributed by atoms with Gasteiger partial charge >= 0.3 is 0 Å². The number of aryl methyl sites for hydroxylation is 3. The molecule has 1 aromatic carbocycles. The minimum absolute atomic E-state index is 0.260. The van der Waals surface area contributed by atoms with Crippen LogP contribution in [0.1, 0.15) is 37.5 Å². The fourth-order valence-corrected chi connectivity index (χ4v) is 2.08. The van der Waals surface area contributed by atoms with E-state index in [1.165, 1.54) is 5.56 Å². The Balaban J connectivity index is 2.93. The summed E-state index contributed by atoms with van der Waals surface area (Å²) >= 11 is 0. The first-order valence-electron chi connectivity index (χ1n) is 6.50. The van der Waals surface area contributed by atoms with Crippen LogP contribution >= 0.6 is 0 Å². The Hall–Kier alpha value is -1.06. The zero-order valence-electron chi connectivity index (χ0n) is 12.2. The maximum Gasteiger partial charge on any atom is 0.176 e. The molecule has 2 unspecified atom stereocenters. The van der Waals surface area contributed by atoms with Crippen molar-refractivity contribution >= 4 is 0 Å². The van der Waals surface area contributed by atoms with E-state index < -0.39 is 6.10 Å². The Morgan fingerprint density at radius 3 is 1.94 bits per heavy atom. The summed E-state index contributed by atoms with van der Waals surface area (Å²) in [6.07, 6.45) is -0.947. The molecule has 0 spiro atoms. The molecular weight excluding hydrogens is 226 g/mol. The molecule has 18 heavy (non-hydrogen) atoms. The second kappa shape index (κ2) is 6.21. The van der Waals surface area contributed by atoms with Crippen LogP contribution in [0.4, 0.5) is 0 Å². The summed E-state index contributed by atoms with van der Waals surface area (Å²) in [5.41, 5.74) is 3.43. The van der Waals surface area contributed by atoms with Crippen LogP contribution in [0.5, 0.6) is 5.75 Å². The van der Waals surface area contributed by atoms with E-state index in [-0.39, 0.29) is 12.3 Å². The molecule has 0 aliphatic carbocycles. The predicted octanol–water partition coefficient (Wildman–Crippen LogP) is 2.70. The number of ether oxygens (including phenoxy) is 1. The van der Waals surface area contributed by atoms with Crippen molar-refractivity contribution in [2.45, 2.75) is 59.9 Å². The van der Waals surface area contributed by atoms with Gasteiger partial charge in [-0.15, -0.1) is 0 Å². The molecule has 0 bridgehead atoms. The Labute approximate surface area is 110 Å². The largest absolute Gasteiger partial charge is 0.472 e. The number of aliphatic hydroxyl groups excluding tert-OH is 1. The number of hydrogen-bond acceptors (Lipinski definition) is 3. The van der Waals surface area contributed by atoms with Gasteiger partial charge in [0.25, 0.3) is 0 Å². The van der Waals surface area contributed by atoms with Crippen molar-refractivity contribution in [2.75, 3.05) is 0 Å². The molecule has 1 aromatic rings. The molecule has 0 saturated carbocycles. The Kier molecular flexibility index (Phi) is 5.17. The molecule has 102 valence electrons. The van der Waals surface area contributed by atoms with Crippen LogP contribution in [0.15, 0.2) is 12.1 Å². The lowest BCUT2D eigenvalue weighted by atomic mass is 10.1. The molecule has 0 aliphatic rings. The fourth-order valence-electron chi connectivity index (χ4n) is 2.08. The predicted molar refractivity (Wildman–Crippen MR) is 75.0 cm³/mol. The van der Waals surface area contributed by atoms with Gasteiger partial charge in [-0.2, -0.15) is 0 Å². The highest BCUT2D eigenvalue weighted by molar-refractivity contribution is 5.43. The maximum absolute atomic E-state index is 9.77. The quantitative estimate of drug-likeness (QED) is 0.791. The third kappa shape index (κ3) is 4.00. The lowest BCUT2D eigenvalue weighted by Crippen LogP contribution is -2.46. The van der Waals surface area contributed by atoms with E-state index in [1.807, 2.05) is 27.7 Å². The van der Waals surface area contributed by atoms with E-state index >= 15 is 0 Å². The average molecular weight is 251 g/mol. The smallest absolute Gasteiger partial charge is 0.176 e. The molecule has 2 atom stereocenters. The summed E-state index contributed by atoms with van der Waals surface area (Å²) in [6, 6.07) is 4.45. The molecule has 0 fully saturated rings. The Morgan fingerprint density at radius 2 is 1.56 bits per heavy atom. The SMILES string of the molecule is Cc1cc(C)c(OC(NC(C)C)C(C)O)c(C)c1. The van der Waals surface area contributed by atoms with Gasteiger partial charge in [-0.1, -0.05) is 17.7 Å². The first-order chi connectivity index (χ1) is 8.31. The molecule has 3 heteroatoms. The van der Waals surface area contributed by atoms with Crippen LogP contribution in [0, 0.1) is 20.8 Å². The van der Waals surface area contributed by atoms with Gasteiger partial charge in [0.1, 0.15) is 11.9 Å². The number of aliphatic hydroxyl groups is 1. The van der Waals surface area contributed by atoms with Crippen molar-refractivity contribution in [1.82, 2.24) is 5.32 Å². The molecule has 3 nitrogen and oxygen atoms in total. The number of benzene rings is 1. The first kappa shape index (κ1) is 15.0. The second-order valence-electron chi connectivity index (χ2n) is 5.33. The lowest BCUT2D eigenvalue weighted by molar-refractivity contribution is 0.0210.